The largest absolute Gasteiger partial charge is 0.383 e. The predicted octanol–water partition coefficient (Wildman–Crippen LogP) is 0.578. The average molecular weight is 218 g/mol. The van der Waals surface area contributed by atoms with Gasteiger partial charge in [0.15, 0.2) is 0 Å². The molecule has 0 rings (SSSR count). The highest BCUT2D eigenvalue weighted by Gasteiger charge is 2.18. The van der Waals surface area contributed by atoms with E-state index in [0.717, 1.165) is 26.3 Å². The van der Waals surface area contributed by atoms with Gasteiger partial charge in [-0.2, -0.15) is 0 Å². The molecule has 0 aromatic carbocycles. The van der Waals surface area contributed by atoms with Crippen molar-refractivity contribution in [3.8, 4) is 0 Å². The molecule has 0 amide bonds. The monoisotopic (exact) mass is 218 g/mol. The molecule has 0 fully saturated rings. The highest BCUT2D eigenvalue weighted by Crippen LogP contribution is 2.05. The average Bonchev–Trinajstić information content (AvgIpc) is 2.19. The summed E-state index contributed by atoms with van der Waals surface area (Å²) in [6.07, 6.45) is 0. The van der Waals surface area contributed by atoms with E-state index < -0.39 is 0 Å². The highest BCUT2D eigenvalue weighted by atomic mass is 16.5. The molecule has 2 unspecified atom stereocenters. The second-order valence-corrected chi connectivity index (χ2v) is 3.94. The van der Waals surface area contributed by atoms with Crippen LogP contribution in [0.15, 0.2) is 0 Å². The lowest BCUT2D eigenvalue weighted by atomic mass is 10.2. The van der Waals surface area contributed by atoms with Gasteiger partial charge >= 0.3 is 0 Å². The Morgan fingerprint density at radius 3 is 2.27 bits per heavy atom. The third-order valence-electron chi connectivity index (χ3n) is 2.59. The maximum Gasteiger partial charge on any atom is 0.0615 e. The maximum absolute atomic E-state index is 5.19. The summed E-state index contributed by atoms with van der Waals surface area (Å²) >= 11 is 0. The molecule has 15 heavy (non-hydrogen) atoms. The van der Waals surface area contributed by atoms with E-state index in [0.29, 0.717) is 12.1 Å². The van der Waals surface area contributed by atoms with E-state index in [1.165, 1.54) is 0 Å². The minimum Gasteiger partial charge on any atom is -0.383 e. The van der Waals surface area contributed by atoms with Crippen molar-refractivity contribution in [3.63, 3.8) is 0 Å². The van der Waals surface area contributed by atoms with Crippen LogP contribution in [0, 0.1) is 0 Å². The molecule has 4 nitrogen and oxygen atoms in total. The number of nitrogens with one attached hydrogen (secondary N) is 1. The molecule has 0 aliphatic rings. The summed E-state index contributed by atoms with van der Waals surface area (Å²) in [4.78, 5) is 2.41. The fourth-order valence-corrected chi connectivity index (χ4v) is 1.82. The normalized spacial score (nSPS) is 15.6. The minimum atomic E-state index is 0.425. The van der Waals surface area contributed by atoms with Crippen molar-refractivity contribution in [1.82, 2.24) is 10.2 Å². The summed E-state index contributed by atoms with van der Waals surface area (Å²) in [7, 11) is 5.46. The Morgan fingerprint density at radius 2 is 1.80 bits per heavy atom. The van der Waals surface area contributed by atoms with Crippen LogP contribution in [-0.4, -0.2) is 64.6 Å². The molecule has 0 spiro atoms. The highest BCUT2D eigenvalue weighted by molar-refractivity contribution is 4.74. The SMILES string of the molecule is CNCC(C)N(CCOC)C(C)COC. The second kappa shape index (κ2) is 9.09. The van der Waals surface area contributed by atoms with Gasteiger partial charge in [-0.15, -0.1) is 0 Å². The zero-order valence-corrected chi connectivity index (χ0v) is 10.7. The van der Waals surface area contributed by atoms with Crippen LogP contribution < -0.4 is 5.32 Å². The number of likely N-dealkylation sites (N-methyl/N-ethyl adjacent to an activating group) is 1. The van der Waals surface area contributed by atoms with E-state index in [-0.39, 0.29) is 0 Å². The summed E-state index contributed by atoms with van der Waals surface area (Å²) in [5.74, 6) is 0. The molecule has 0 aromatic rings. The standard InChI is InChI=1S/C11H26N2O2/c1-10(8-12-3)13(6-7-14-4)11(2)9-15-5/h10-12H,6-9H2,1-5H3. The van der Waals surface area contributed by atoms with Gasteiger partial charge in [-0.3, -0.25) is 4.90 Å². The van der Waals surface area contributed by atoms with Crippen molar-refractivity contribution in [3.05, 3.63) is 0 Å². The maximum atomic E-state index is 5.19. The van der Waals surface area contributed by atoms with Gasteiger partial charge in [0.05, 0.1) is 13.2 Å². The predicted molar refractivity (Wildman–Crippen MR) is 63.3 cm³/mol. The van der Waals surface area contributed by atoms with E-state index >= 15 is 0 Å². The van der Waals surface area contributed by atoms with Crippen molar-refractivity contribution in [2.75, 3.05) is 47.6 Å². The molecular formula is C11H26N2O2. The number of methoxy groups -OCH3 is 2. The number of nitrogens with zero attached hydrogens (tertiary/aromatic N) is 1. The number of ether oxygens (including phenoxy) is 2. The molecule has 4 heteroatoms. The summed E-state index contributed by atoms with van der Waals surface area (Å²) in [6.45, 7) is 7.87. The van der Waals surface area contributed by atoms with Crippen molar-refractivity contribution >= 4 is 0 Å². The quantitative estimate of drug-likeness (QED) is 0.614. The Balaban J connectivity index is 4.14. The molecule has 2 atom stereocenters. The molecule has 0 bridgehead atoms. The van der Waals surface area contributed by atoms with Gasteiger partial charge in [-0.25, -0.2) is 0 Å². The number of hydrogen-bond acceptors (Lipinski definition) is 4. The van der Waals surface area contributed by atoms with Crippen LogP contribution in [0.1, 0.15) is 13.8 Å². The number of rotatable bonds is 9. The second-order valence-electron chi connectivity index (χ2n) is 3.94. The van der Waals surface area contributed by atoms with E-state index in [1.54, 1.807) is 14.2 Å². The van der Waals surface area contributed by atoms with E-state index in [4.69, 9.17) is 9.47 Å². The molecule has 0 heterocycles. The van der Waals surface area contributed by atoms with Crippen molar-refractivity contribution in [2.24, 2.45) is 0 Å². The first kappa shape index (κ1) is 14.8. The van der Waals surface area contributed by atoms with Gasteiger partial charge in [0, 0.05) is 39.4 Å². The zero-order chi connectivity index (χ0) is 11.7. The van der Waals surface area contributed by atoms with E-state index in [1.807, 2.05) is 7.05 Å². The molecule has 0 aliphatic heterocycles. The van der Waals surface area contributed by atoms with Crippen molar-refractivity contribution in [2.45, 2.75) is 25.9 Å². The summed E-state index contributed by atoms with van der Waals surface area (Å²) in [5.41, 5.74) is 0. The van der Waals surface area contributed by atoms with Crippen LogP contribution in [-0.2, 0) is 9.47 Å². The molecule has 0 saturated carbocycles. The topological polar surface area (TPSA) is 33.7 Å². The van der Waals surface area contributed by atoms with Crippen LogP contribution in [0.2, 0.25) is 0 Å². The van der Waals surface area contributed by atoms with Gasteiger partial charge in [-0.05, 0) is 20.9 Å². The van der Waals surface area contributed by atoms with Crippen LogP contribution in [0.4, 0.5) is 0 Å². The first-order chi connectivity index (χ1) is 7.17. The summed E-state index contributed by atoms with van der Waals surface area (Å²) in [6, 6.07) is 0.920. The smallest absolute Gasteiger partial charge is 0.0615 e. The van der Waals surface area contributed by atoms with Crippen LogP contribution in [0.25, 0.3) is 0 Å². The number of hydrogen-bond donors (Lipinski definition) is 1. The summed E-state index contributed by atoms with van der Waals surface area (Å²) in [5, 5.41) is 3.20. The molecule has 0 saturated heterocycles. The van der Waals surface area contributed by atoms with Gasteiger partial charge in [0.1, 0.15) is 0 Å². The lowest BCUT2D eigenvalue weighted by molar-refractivity contribution is 0.0522. The molecule has 0 aliphatic carbocycles. The van der Waals surface area contributed by atoms with E-state index in [9.17, 15) is 0 Å². The van der Waals surface area contributed by atoms with Gasteiger partial charge < -0.3 is 14.8 Å². The first-order valence-electron chi connectivity index (χ1n) is 5.55. The van der Waals surface area contributed by atoms with Gasteiger partial charge in [0.25, 0.3) is 0 Å². The third-order valence-corrected chi connectivity index (χ3v) is 2.59. The Morgan fingerprint density at radius 1 is 1.13 bits per heavy atom. The third kappa shape index (κ3) is 6.10. The Hall–Kier alpha value is -0.160. The van der Waals surface area contributed by atoms with Gasteiger partial charge in [0.2, 0.25) is 0 Å². The van der Waals surface area contributed by atoms with Crippen LogP contribution in [0.5, 0.6) is 0 Å². The Labute approximate surface area is 93.9 Å². The minimum absolute atomic E-state index is 0.425. The van der Waals surface area contributed by atoms with E-state index in [2.05, 4.69) is 24.1 Å². The lowest BCUT2D eigenvalue weighted by Gasteiger charge is -2.34. The van der Waals surface area contributed by atoms with Crippen molar-refractivity contribution in [1.29, 1.82) is 0 Å². The molecular weight excluding hydrogens is 192 g/mol. The fraction of sp³-hybridized carbons (Fsp3) is 1.00. The zero-order valence-electron chi connectivity index (χ0n) is 10.7. The van der Waals surface area contributed by atoms with Crippen LogP contribution >= 0.6 is 0 Å². The molecule has 1 N–H and O–H groups in total. The molecule has 0 radical (unpaired) electrons. The molecule has 92 valence electrons. The van der Waals surface area contributed by atoms with Gasteiger partial charge in [-0.1, -0.05) is 0 Å². The van der Waals surface area contributed by atoms with Crippen LogP contribution in [0.3, 0.4) is 0 Å². The summed E-state index contributed by atoms with van der Waals surface area (Å²) < 4.78 is 10.3. The Bertz CT molecular complexity index is 133. The first-order valence-corrected chi connectivity index (χ1v) is 5.55. The lowest BCUT2D eigenvalue weighted by Crippen LogP contribution is -2.47. The fourth-order valence-electron chi connectivity index (χ4n) is 1.82. The Kier molecular flexibility index (Phi) is 9.00. The molecule has 0 aromatic heterocycles. The van der Waals surface area contributed by atoms with Crippen molar-refractivity contribution < 1.29 is 9.47 Å².